The lowest BCUT2D eigenvalue weighted by Crippen LogP contribution is -2.61. The lowest BCUT2D eigenvalue weighted by molar-refractivity contribution is -0.338. The van der Waals surface area contributed by atoms with Crippen molar-refractivity contribution in [3.63, 3.8) is 0 Å². The van der Waals surface area contributed by atoms with Crippen LogP contribution in [0.1, 0.15) is 6.42 Å². The zero-order chi connectivity index (χ0) is 16.4. The minimum Gasteiger partial charge on any atom is -0.394 e. The molecule has 10 heteroatoms. The van der Waals surface area contributed by atoms with E-state index >= 15 is 0 Å². The quantitative estimate of drug-likeness (QED) is 0.268. The number of aliphatic hydroxyl groups is 7. The van der Waals surface area contributed by atoms with Crippen molar-refractivity contribution in [2.45, 2.75) is 61.7 Å². The first-order valence-electron chi connectivity index (χ1n) is 6.97. The molecule has 0 aromatic rings. The van der Waals surface area contributed by atoms with E-state index in [1.54, 1.807) is 0 Å². The smallest absolute Gasteiger partial charge is 0.187 e. The van der Waals surface area contributed by atoms with Crippen LogP contribution in [0.3, 0.4) is 0 Å². The summed E-state index contributed by atoms with van der Waals surface area (Å²) in [6, 6.07) is 0. The van der Waals surface area contributed by atoms with E-state index in [-0.39, 0.29) is 6.42 Å². The lowest BCUT2D eigenvalue weighted by Gasteiger charge is -2.43. The highest BCUT2D eigenvalue weighted by molar-refractivity contribution is 4.90. The number of hydrogen-bond acceptors (Lipinski definition) is 10. The highest BCUT2D eigenvalue weighted by atomic mass is 16.7. The van der Waals surface area contributed by atoms with E-state index in [2.05, 4.69) is 0 Å². The van der Waals surface area contributed by atoms with Crippen LogP contribution in [0.25, 0.3) is 0 Å². The summed E-state index contributed by atoms with van der Waals surface area (Å²) in [5, 5.41) is 66.5. The van der Waals surface area contributed by atoms with Gasteiger partial charge in [-0.25, -0.2) is 0 Å². The molecule has 0 spiro atoms. The Balaban J connectivity index is 2.04. The molecule has 0 amide bonds. The Bertz CT molecular complexity index is 353. The average molecular weight is 326 g/mol. The van der Waals surface area contributed by atoms with Gasteiger partial charge in [-0.05, 0) is 0 Å². The van der Waals surface area contributed by atoms with E-state index < -0.39 is 68.5 Å². The van der Waals surface area contributed by atoms with Crippen LogP contribution in [0.4, 0.5) is 0 Å². The van der Waals surface area contributed by atoms with Crippen LogP contribution in [0.5, 0.6) is 0 Å². The summed E-state index contributed by atoms with van der Waals surface area (Å²) in [7, 11) is 0. The zero-order valence-electron chi connectivity index (χ0n) is 11.7. The van der Waals surface area contributed by atoms with Gasteiger partial charge in [0.05, 0.1) is 19.3 Å². The van der Waals surface area contributed by atoms with Crippen LogP contribution in [-0.4, -0.2) is 104 Å². The minimum absolute atomic E-state index is 0.0958. The Morgan fingerprint density at radius 2 is 1.45 bits per heavy atom. The molecule has 7 N–H and O–H groups in total. The molecule has 1 unspecified atom stereocenters. The van der Waals surface area contributed by atoms with Crippen LogP contribution in [-0.2, 0) is 14.2 Å². The van der Waals surface area contributed by atoms with Gasteiger partial charge in [0, 0.05) is 6.42 Å². The molecule has 2 aliphatic heterocycles. The van der Waals surface area contributed by atoms with Gasteiger partial charge in [0.1, 0.15) is 36.6 Å². The molecule has 2 rings (SSSR count). The molecule has 2 fully saturated rings. The minimum atomic E-state index is -1.60. The van der Waals surface area contributed by atoms with Gasteiger partial charge < -0.3 is 50.0 Å². The molecule has 10 nitrogen and oxygen atoms in total. The number of aliphatic hydroxyl groups excluding tert-OH is 7. The van der Waals surface area contributed by atoms with Crippen molar-refractivity contribution < 1.29 is 50.0 Å². The molecule has 2 aliphatic rings. The molecule has 0 saturated carbocycles. The van der Waals surface area contributed by atoms with Crippen molar-refractivity contribution in [2.75, 3.05) is 13.2 Å². The summed E-state index contributed by atoms with van der Waals surface area (Å²) in [6.07, 6.45) is -11.9. The second-order valence-corrected chi connectivity index (χ2v) is 5.42. The summed E-state index contributed by atoms with van der Waals surface area (Å²) in [5.41, 5.74) is 0. The molecule has 0 aromatic carbocycles. The molecular formula is C12H22O10. The van der Waals surface area contributed by atoms with Crippen molar-refractivity contribution in [1.29, 1.82) is 0 Å². The first-order chi connectivity index (χ1) is 10.4. The highest BCUT2D eigenvalue weighted by Crippen LogP contribution is 2.28. The Hall–Kier alpha value is -0.400. The average Bonchev–Trinajstić information content (AvgIpc) is 2.51. The van der Waals surface area contributed by atoms with Crippen LogP contribution in [0.15, 0.2) is 0 Å². The van der Waals surface area contributed by atoms with Gasteiger partial charge in [-0.3, -0.25) is 0 Å². The van der Waals surface area contributed by atoms with E-state index in [4.69, 9.17) is 19.3 Å². The van der Waals surface area contributed by atoms with Crippen LogP contribution < -0.4 is 0 Å². The van der Waals surface area contributed by atoms with E-state index in [1.807, 2.05) is 0 Å². The third-order valence-corrected chi connectivity index (χ3v) is 3.87. The van der Waals surface area contributed by atoms with Crippen LogP contribution in [0, 0.1) is 0 Å². The Labute approximate surface area is 126 Å². The van der Waals surface area contributed by atoms with Gasteiger partial charge in [0.15, 0.2) is 12.6 Å². The van der Waals surface area contributed by atoms with E-state index in [1.165, 1.54) is 0 Å². The number of ether oxygens (including phenoxy) is 3. The largest absolute Gasteiger partial charge is 0.394 e. The van der Waals surface area contributed by atoms with Crippen LogP contribution >= 0.6 is 0 Å². The van der Waals surface area contributed by atoms with Crippen molar-refractivity contribution in [2.24, 2.45) is 0 Å². The van der Waals surface area contributed by atoms with Gasteiger partial charge in [-0.1, -0.05) is 0 Å². The second kappa shape index (κ2) is 7.45. The predicted molar refractivity (Wildman–Crippen MR) is 67.2 cm³/mol. The third kappa shape index (κ3) is 3.57. The van der Waals surface area contributed by atoms with Gasteiger partial charge in [-0.15, -0.1) is 0 Å². The van der Waals surface area contributed by atoms with Crippen molar-refractivity contribution in [3.8, 4) is 0 Å². The van der Waals surface area contributed by atoms with Crippen molar-refractivity contribution in [3.05, 3.63) is 0 Å². The molecule has 22 heavy (non-hydrogen) atoms. The summed E-state index contributed by atoms with van der Waals surface area (Å²) < 4.78 is 15.6. The lowest BCUT2D eigenvalue weighted by atomic mass is 9.98. The fourth-order valence-corrected chi connectivity index (χ4v) is 2.52. The molecule has 9 atom stereocenters. The zero-order valence-corrected chi connectivity index (χ0v) is 11.7. The van der Waals surface area contributed by atoms with E-state index in [9.17, 15) is 30.6 Å². The molecule has 0 aliphatic carbocycles. The van der Waals surface area contributed by atoms with Gasteiger partial charge in [0.2, 0.25) is 0 Å². The molecule has 130 valence electrons. The molecule has 0 bridgehead atoms. The normalized spacial score (nSPS) is 50.0. The Morgan fingerprint density at radius 3 is 2.05 bits per heavy atom. The predicted octanol–water partition coefficient (Wildman–Crippen LogP) is -4.37. The van der Waals surface area contributed by atoms with E-state index in [0.717, 1.165) is 0 Å². The first-order valence-corrected chi connectivity index (χ1v) is 6.97. The number of hydrogen-bond donors (Lipinski definition) is 7. The summed E-state index contributed by atoms with van der Waals surface area (Å²) >= 11 is 0. The topological polar surface area (TPSA) is 169 Å². The first kappa shape index (κ1) is 17.9. The van der Waals surface area contributed by atoms with E-state index in [0.29, 0.717) is 0 Å². The summed E-state index contributed by atoms with van der Waals surface area (Å²) in [5.74, 6) is 0. The molecular weight excluding hydrogens is 304 g/mol. The summed E-state index contributed by atoms with van der Waals surface area (Å²) in [4.78, 5) is 0. The fourth-order valence-electron chi connectivity index (χ4n) is 2.52. The van der Waals surface area contributed by atoms with Crippen molar-refractivity contribution >= 4 is 0 Å². The maximum absolute atomic E-state index is 9.87. The second-order valence-electron chi connectivity index (χ2n) is 5.42. The molecule has 0 radical (unpaired) electrons. The maximum atomic E-state index is 9.87. The summed E-state index contributed by atoms with van der Waals surface area (Å²) in [6.45, 7) is -1.11. The maximum Gasteiger partial charge on any atom is 0.187 e. The Kier molecular flexibility index (Phi) is 6.07. The van der Waals surface area contributed by atoms with Crippen LogP contribution in [0.2, 0.25) is 0 Å². The number of rotatable bonds is 4. The van der Waals surface area contributed by atoms with Gasteiger partial charge >= 0.3 is 0 Å². The highest BCUT2D eigenvalue weighted by Gasteiger charge is 2.47. The fraction of sp³-hybridized carbons (Fsp3) is 1.00. The van der Waals surface area contributed by atoms with Crippen molar-refractivity contribution in [1.82, 2.24) is 0 Å². The standard InChI is InChI=1S/C12H22O10/c13-2-6-5(1-4(15)11(19)20-6)21-12-10(18)9(17)8(16)7(3-14)22-12/h4-19H,1-3H2/t4-,5+,6-,7-,8-,9+,10-,11?,12+/m1/s1. The van der Waals surface area contributed by atoms with Gasteiger partial charge in [-0.2, -0.15) is 0 Å². The molecule has 2 saturated heterocycles. The monoisotopic (exact) mass is 326 g/mol. The SMILES string of the molecule is OC[C@H]1O[C@H](O[C@H]2C[C@@H](O)C(O)O[C@@H]2CO)[C@H](O)[C@@H](O)[C@@H]1O. The molecule has 0 aromatic heterocycles. The van der Waals surface area contributed by atoms with Gasteiger partial charge in [0.25, 0.3) is 0 Å². The Morgan fingerprint density at radius 1 is 0.818 bits per heavy atom. The molecule has 2 heterocycles. The third-order valence-electron chi connectivity index (χ3n) is 3.87.